The summed E-state index contributed by atoms with van der Waals surface area (Å²) in [5.41, 5.74) is 1.44. The molecular weight excluding hydrogens is 312 g/mol. The third kappa shape index (κ3) is 3.70. The largest absolute Gasteiger partial charge is 0.496 e. The van der Waals surface area contributed by atoms with Crippen LogP contribution in [0.4, 0.5) is 0 Å². The van der Waals surface area contributed by atoms with Crippen molar-refractivity contribution >= 4 is 21.9 Å². The Hall–Kier alpha value is -1.07. The fourth-order valence-corrected chi connectivity index (χ4v) is 2.28. The molecule has 0 amide bonds. The molecule has 1 rings (SSSR count). The highest BCUT2D eigenvalue weighted by molar-refractivity contribution is 9.10. The molecule has 1 N–H and O–H groups in total. The Morgan fingerprint density at radius 1 is 1.42 bits per heavy atom. The van der Waals surface area contributed by atoms with E-state index in [1.165, 1.54) is 0 Å². The van der Waals surface area contributed by atoms with Crippen LogP contribution in [0.3, 0.4) is 0 Å². The Balaban J connectivity index is 3.25. The molecule has 5 heteroatoms. The minimum atomic E-state index is -1.32. The number of ether oxygens (including phenoxy) is 2. The second kappa shape index (κ2) is 6.91. The molecule has 0 heterocycles. The smallest absolute Gasteiger partial charge is 0.339 e. The zero-order valence-corrected chi connectivity index (χ0v) is 13.2. The van der Waals surface area contributed by atoms with Crippen molar-refractivity contribution < 1.29 is 19.4 Å². The summed E-state index contributed by atoms with van der Waals surface area (Å²) in [5, 5.41) is 10.1. The van der Waals surface area contributed by atoms with Crippen LogP contribution >= 0.6 is 15.9 Å². The number of hydrogen-bond donors (Lipinski definition) is 1. The molecule has 1 aromatic carbocycles. The fraction of sp³-hybridized carbons (Fsp3) is 0.500. The van der Waals surface area contributed by atoms with Gasteiger partial charge in [0.1, 0.15) is 5.75 Å². The fourth-order valence-electron chi connectivity index (χ4n) is 1.67. The van der Waals surface area contributed by atoms with Crippen molar-refractivity contribution in [1.29, 1.82) is 0 Å². The molecule has 0 aromatic heterocycles. The zero-order chi connectivity index (χ0) is 14.6. The number of benzene rings is 1. The van der Waals surface area contributed by atoms with Crippen molar-refractivity contribution in [3.63, 3.8) is 0 Å². The third-order valence-corrected chi connectivity index (χ3v) is 3.63. The molecule has 1 atom stereocenters. The van der Waals surface area contributed by atoms with Gasteiger partial charge in [0.25, 0.3) is 0 Å². The Labute approximate surface area is 121 Å². The molecule has 19 heavy (non-hydrogen) atoms. The van der Waals surface area contributed by atoms with Crippen LogP contribution in [-0.4, -0.2) is 24.8 Å². The van der Waals surface area contributed by atoms with Gasteiger partial charge in [-0.2, -0.15) is 0 Å². The van der Waals surface area contributed by atoms with E-state index < -0.39 is 12.1 Å². The Morgan fingerprint density at radius 3 is 2.53 bits per heavy atom. The summed E-state index contributed by atoms with van der Waals surface area (Å²) in [6.45, 7) is 5.99. The maximum Gasteiger partial charge on any atom is 0.339 e. The van der Waals surface area contributed by atoms with Crippen LogP contribution in [0.1, 0.15) is 43.9 Å². The highest BCUT2D eigenvalue weighted by Crippen LogP contribution is 2.36. The van der Waals surface area contributed by atoms with E-state index in [2.05, 4.69) is 15.9 Å². The highest BCUT2D eigenvalue weighted by Gasteiger charge is 2.24. The van der Waals surface area contributed by atoms with Crippen LogP contribution in [0.2, 0.25) is 0 Å². The maximum atomic E-state index is 11.6. The number of halogens is 1. The Morgan fingerprint density at radius 2 is 2.05 bits per heavy atom. The van der Waals surface area contributed by atoms with Gasteiger partial charge in [-0.1, -0.05) is 19.9 Å². The van der Waals surface area contributed by atoms with Gasteiger partial charge in [-0.05, 0) is 40.4 Å². The van der Waals surface area contributed by atoms with Gasteiger partial charge in [0.15, 0.2) is 6.10 Å². The van der Waals surface area contributed by atoms with Crippen molar-refractivity contribution in [3.05, 3.63) is 27.7 Å². The standard InChI is InChI=1S/C14H19BrO4/c1-5-19-14(17)13(16)10-6-9(8(2)3)7-11(18-4)12(10)15/h6-8,13,16H,5H2,1-4H3. The minimum absolute atomic E-state index is 0.231. The predicted octanol–water partition coefficient (Wildman–Crippen LogP) is 3.18. The van der Waals surface area contributed by atoms with E-state index in [1.54, 1.807) is 20.1 Å². The first kappa shape index (κ1) is 16.0. The summed E-state index contributed by atoms with van der Waals surface area (Å²) >= 11 is 3.35. The molecule has 0 aliphatic heterocycles. The molecule has 0 spiro atoms. The van der Waals surface area contributed by atoms with Crippen LogP contribution in [0.5, 0.6) is 5.75 Å². The van der Waals surface area contributed by atoms with Crippen molar-refractivity contribution in [2.24, 2.45) is 0 Å². The Kier molecular flexibility index (Phi) is 5.82. The number of carbonyl (C=O) groups is 1. The van der Waals surface area contributed by atoms with Crippen molar-refractivity contribution in [2.45, 2.75) is 32.8 Å². The summed E-state index contributed by atoms with van der Waals surface area (Å²) in [6, 6.07) is 3.68. The summed E-state index contributed by atoms with van der Waals surface area (Å²) in [4.78, 5) is 11.6. The molecule has 0 radical (unpaired) electrons. The van der Waals surface area contributed by atoms with E-state index in [1.807, 2.05) is 19.9 Å². The van der Waals surface area contributed by atoms with E-state index >= 15 is 0 Å². The van der Waals surface area contributed by atoms with Crippen LogP contribution < -0.4 is 4.74 Å². The first-order valence-corrected chi connectivity index (χ1v) is 6.93. The number of aliphatic hydroxyl groups excluding tert-OH is 1. The van der Waals surface area contributed by atoms with Gasteiger partial charge in [-0.25, -0.2) is 4.79 Å². The number of esters is 1. The highest BCUT2D eigenvalue weighted by atomic mass is 79.9. The van der Waals surface area contributed by atoms with E-state index in [4.69, 9.17) is 9.47 Å². The molecule has 4 nitrogen and oxygen atoms in total. The maximum absolute atomic E-state index is 11.6. The molecule has 106 valence electrons. The lowest BCUT2D eigenvalue weighted by Crippen LogP contribution is -2.16. The predicted molar refractivity (Wildman–Crippen MR) is 76.4 cm³/mol. The van der Waals surface area contributed by atoms with E-state index in [0.717, 1.165) is 5.56 Å². The molecule has 0 aliphatic rings. The monoisotopic (exact) mass is 330 g/mol. The number of hydrogen-bond acceptors (Lipinski definition) is 4. The topological polar surface area (TPSA) is 55.8 Å². The van der Waals surface area contributed by atoms with Crippen LogP contribution in [0, 0.1) is 0 Å². The lowest BCUT2D eigenvalue weighted by Gasteiger charge is -2.17. The van der Waals surface area contributed by atoms with Gasteiger partial charge >= 0.3 is 5.97 Å². The minimum Gasteiger partial charge on any atom is -0.496 e. The summed E-state index contributed by atoms with van der Waals surface area (Å²) in [7, 11) is 1.55. The molecule has 1 aromatic rings. The normalized spacial score (nSPS) is 12.4. The molecule has 0 saturated carbocycles. The average Bonchev–Trinajstić information content (AvgIpc) is 2.38. The molecule has 1 unspecified atom stereocenters. The second-order valence-electron chi connectivity index (χ2n) is 4.44. The molecule has 0 aliphatic carbocycles. The molecule has 0 fully saturated rings. The molecular formula is C14H19BrO4. The number of methoxy groups -OCH3 is 1. The van der Waals surface area contributed by atoms with Gasteiger partial charge in [0.05, 0.1) is 18.2 Å². The molecule has 0 saturated heterocycles. The van der Waals surface area contributed by atoms with Crippen LogP contribution in [0.15, 0.2) is 16.6 Å². The van der Waals surface area contributed by atoms with E-state index in [-0.39, 0.29) is 12.5 Å². The van der Waals surface area contributed by atoms with Gasteiger partial charge in [-0.3, -0.25) is 0 Å². The number of rotatable bonds is 5. The quantitative estimate of drug-likeness (QED) is 0.842. The van der Waals surface area contributed by atoms with Crippen molar-refractivity contribution in [2.75, 3.05) is 13.7 Å². The average molecular weight is 331 g/mol. The summed E-state index contributed by atoms with van der Waals surface area (Å²) in [6.07, 6.45) is -1.32. The summed E-state index contributed by atoms with van der Waals surface area (Å²) in [5.74, 6) is 0.186. The van der Waals surface area contributed by atoms with Gasteiger partial charge in [0.2, 0.25) is 0 Å². The second-order valence-corrected chi connectivity index (χ2v) is 5.23. The van der Waals surface area contributed by atoms with Crippen LogP contribution in [0.25, 0.3) is 0 Å². The first-order valence-electron chi connectivity index (χ1n) is 6.14. The number of carbonyl (C=O) groups excluding carboxylic acids is 1. The van der Waals surface area contributed by atoms with E-state index in [0.29, 0.717) is 15.8 Å². The lowest BCUT2D eigenvalue weighted by atomic mass is 9.98. The third-order valence-electron chi connectivity index (χ3n) is 2.78. The van der Waals surface area contributed by atoms with Crippen LogP contribution in [-0.2, 0) is 9.53 Å². The summed E-state index contributed by atoms with van der Waals surface area (Å²) < 4.78 is 10.7. The van der Waals surface area contributed by atoms with Gasteiger partial charge in [-0.15, -0.1) is 0 Å². The first-order chi connectivity index (χ1) is 8.92. The SMILES string of the molecule is CCOC(=O)C(O)c1cc(C(C)C)cc(OC)c1Br. The zero-order valence-electron chi connectivity index (χ0n) is 11.6. The lowest BCUT2D eigenvalue weighted by molar-refractivity contribution is -0.153. The Bertz CT molecular complexity index is 457. The van der Waals surface area contributed by atoms with Gasteiger partial charge in [0, 0.05) is 5.56 Å². The number of aliphatic hydroxyl groups is 1. The molecule has 0 bridgehead atoms. The van der Waals surface area contributed by atoms with Crippen molar-refractivity contribution in [1.82, 2.24) is 0 Å². The van der Waals surface area contributed by atoms with E-state index in [9.17, 15) is 9.90 Å². The van der Waals surface area contributed by atoms with Gasteiger partial charge < -0.3 is 14.6 Å². The van der Waals surface area contributed by atoms with Crippen molar-refractivity contribution in [3.8, 4) is 5.75 Å².